The van der Waals surface area contributed by atoms with Crippen LogP contribution < -0.4 is 22.9 Å². The Morgan fingerprint density at radius 1 is 0.500 bits per heavy atom. The first-order valence-corrected chi connectivity index (χ1v) is 7.02. The molecule has 0 heterocycles. The second-order valence-electron chi connectivity index (χ2n) is 4.68. The van der Waals surface area contributed by atoms with E-state index in [1.54, 1.807) is 0 Å². The van der Waals surface area contributed by atoms with E-state index in [0.717, 1.165) is 11.1 Å². The van der Waals surface area contributed by atoms with Gasteiger partial charge in [0.1, 0.15) is 11.4 Å². The Bertz CT molecular complexity index is 714. The molecular formula is C16H18N8. The molecule has 0 atom stereocenters. The Morgan fingerprint density at radius 3 is 1.12 bits per heavy atom. The highest BCUT2D eigenvalue weighted by Gasteiger charge is 2.15. The van der Waals surface area contributed by atoms with Crippen LogP contribution in [0.2, 0.25) is 0 Å². The van der Waals surface area contributed by atoms with Crippen molar-refractivity contribution in [2.75, 3.05) is 0 Å². The molecule has 0 amide bonds. The van der Waals surface area contributed by atoms with Crippen molar-refractivity contribution in [2.24, 2.45) is 43.3 Å². The summed E-state index contributed by atoms with van der Waals surface area (Å²) < 4.78 is 0. The van der Waals surface area contributed by atoms with Gasteiger partial charge in [-0.2, -0.15) is 0 Å². The molecule has 2 aromatic carbocycles. The van der Waals surface area contributed by atoms with Gasteiger partial charge >= 0.3 is 0 Å². The Labute approximate surface area is 139 Å². The van der Waals surface area contributed by atoms with Crippen molar-refractivity contribution >= 4 is 23.3 Å². The lowest BCUT2D eigenvalue weighted by molar-refractivity contribution is 1.19. The molecule has 0 spiro atoms. The Balaban J connectivity index is 2.66. The number of benzene rings is 2. The lowest BCUT2D eigenvalue weighted by atomic mass is 10.00. The zero-order chi connectivity index (χ0) is 17.4. The molecule has 8 heteroatoms. The van der Waals surface area contributed by atoms with Crippen LogP contribution in [0.3, 0.4) is 0 Å². The van der Waals surface area contributed by atoms with Crippen LogP contribution >= 0.6 is 0 Å². The summed E-state index contributed by atoms with van der Waals surface area (Å²) in [7, 11) is 0. The first-order chi connectivity index (χ1) is 11.6. The third-order valence-corrected chi connectivity index (χ3v) is 2.85. The maximum Gasteiger partial charge on any atom is 0.211 e. The third-order valence-electron chi connectivity index (χ3n) is 2.85. The summed E-state index contributed by atoms with van der Waals surface area (Å²) in [4.78, 5) is 0. The predicted molar refractivity (Wildman–Crippen MR) is 97.6 cm³/mol. The molecule has 24 heavy (non-hydrogen) atoms. The van der Waals surface area contributed by atoms with E-state index >= 15 is 0 Å². The number of hydrogen-bond donors (Lipinski definition) is 4. The maximum absolute atomic E-state index is 5.39. The molecule has 122 valence electrons. The normalized spacial score (nSPS) is 11.7. The van der Waals surface area contributed by atoms with Crippen molar-refractivity contribution in [2.45, 2.75) is 0 Å². The summed E-state index contributed by atoms with van der Waals surface area (Å²) in [5.41, 5.74) is 24.0. The van der Waals surface area contributed by atoms with Gasteiger partial charge in [0, 0.05) is 11.1 Å². The minimum atomic E-state index is -0.169. The second-order valence-corrected chi connectivity index (χ2v) is 4.68. The van der Waals surface area contributed by atoms with Gasteiger partial charge in [0.25, 0.3) is 0 Å². The molecule has 0 radical (unpaired) electrons. The Hall–Kier alpha value is -3.68. The van der Waals surface area contributed by atoms with Gasteiger partial charge in [-0.15, -0.1) is 20.4 Å². The van der Waals surface area contributed by atoms with E-state index in [2.05, 4.69) is 20.4 Å². The quantitative estimate of drug-likeness (QED) is 0.356. The van der Waals surface area contributed by atoms with Crippen LogP contribution in [0, 0.1) is 0 Å². The van der Waals surface area contributed by atoms with Crippen LogP contribution in [0.4, 0.5) is 0 Å². The second kappa shape index (κ2) is 8.08. The van der Waals surface area contributed by atoms with E-state index in [-0.39, 0.29) is 11.9 Å². The highest BCUT2D eigenvalue weighted by atomic mass is 15.3. The summed E-state index contributed by atoms with van der Waals surface area (Å²) in [6, 6.07) is 18.7. The molecule has 0 saturated heterocycles. The van der Waals surface area contributed by atoms with Crippen LogP contribution in [0.5, 0.6) is 0 Å². The minimum Gasteiger partial charge on any atom is -0.369 e. The molecule has 0 aromatic heterocycles. The molecule has 8 nitrogen and oxygen atoms in total. The largest absolute Gasteiger partial charge is 0.369 e. The van der Waals surface area contributed by atoms with Gasteiger partial charge in [0.2, 0.25) is 11.9 Å². The van der Waals surface area contributed by atoms with Crippen LogP contribution in [0.1, 0.15) is 11.1 Å². The van der Waals surface area contributed by atoms with Crippen molar-refractivity contribution in [3.8, 4) is 0 Å². The van der Waals surface area contributed by atoms with Crippen molar-refractivity contribution in [3.05, 3.63) is 71.8 Å². The number of nitrogens with two attached hydrogens (primary N) is 4. The summed E-state index contributed by atoms with van der Waals surface area (Å²) in [5.74, 6) is -0.338. The van der Waals surface area contributed by atoms with Gasteiger partial charge < -0.3 is 22.9 Å². The molecule has 0 aliphatic heterocycles. The van der Waals surface area contributed by atoms with Crippen molar-refractivity contribution in [3.63, 3.8) is 0 Å². The van der Waals surface area contributed by atoms with E-state index in [0.29, 0.717) is 11.4 Å². The smallest absolute Gasteiger partial charge is 0.211 e. The summed E-state index contributed by atoms with van der Waals surface area (Å²) in [6.45, 7) is 0. The molecule has 2 rings (SSSR count). The number of guanidine groups is 2. The summed E-state index contributed by atoms with van der Waals surface area (Å²) in [5, 5.41) is 15.7. The molecular weight excluding hydrogens is 304 g/mol. The van der Waals surface area contributed by atoms with E-state index in [1.165, 1.54) is 0 Å². The van der Waals surface area contributed by atoms with Gasteiger partial charge in [0.05, 0.1) is 0 Å². The van der Waals surface area contributed by atoms with Gasteiger partial charge in [0.15, 0.2) is 0 Å². The highest BCUT2D eigenvalue weighted by molar-refractivity contribution is 6.53. The van der Waals surface area contributed by atoms with Crippen LogP contribution in [-0.2, 0) is 0 Å². The predicted octanol–water partition coefficient (Wildman–Crippen LogP) is 0.342. The maximum atomic E-state index is 5.39. The first kappa shape index (κ1) is 16.7. The first-order valence-electron chi connectivity index (χ1n) is 7.02. The van der Waals surface area contributed by atoms with Crippen molar-refractivity contribution < 1.29 is 0 Å². The lowest BCUT2D eigenvalue weighted by Gasteiger charge is -2.08. The summed E-state index contributed by atoms with van der Waals surface area (Å²) >= 11 is 0. The van der Waals surface area contributed by atoms with Gasteiger partial charge in [-0.25, -0.2) is 0 Å². The van der Waals surface area contributed by atoms with Gasteiger partial charge in [-0.05, 0) is 0 Å². The molecule has 0 aliphatic rings. The zero-order valence-electron chi connectivity index (χ0n) is 12.9. The fraction of sp³-hybridized carbons (Fsp3) is 0. The topological polar surface area (TPSA) is 154 Å². The molecule has 8 N–H and O–H groups in total. The molecule has 0 aliphatic carbocycles. The minimum absolute atomic E-state index is 0.169. The summed E-state index contributed by atoms with van der Waals surface area (Å²) in [6.07, 6.45) is 0. The van der Waals surface area contributed by atoms with E-state index in [9.17, 15) is 0 Å². The standard InChI is InChI=1S/C16H18N8/c17-15(18)23-21-13(11-7-3-1-4-8-11)14(22-24-16(19)20)12-9-5-2-6-10-12/h1-10H,(H4,17,18,23)(H4,19,20,24)/b21-13-,22-14-. The van der Waals surface area contributed by atoms with Crippen LogP contribution in [0.15, 0.2) is 81.1 Å². The van der Waals surface area contributed by atoms with Crippen LogP contribution in [0.25, 0.3) is 0 Å². The number of rotatable bonds is 5. The average Bonchev–Trinajstić information content (AvgIpc) is 2.59. The monoisotopic (exact) mass is 322 g/mol. The zero-order valence-corrected chi connectivity index (χ0v) is 12.9. The molecule has 0 saturated carbocycles. The number of hydrogen-bond acceptors (Lipinski definition) is 4. The third kappa shape index (κ3) is 4.67. The van der Waals surface area contributed by atoms with E-state index in [1.807, 2.05) is 60.7 Å². The Kier molecular flexibility index (Phi) is 5.62. The van der Waals surface area contributed by atoms with Crippen LogP contribution in [-0.4, -0.2) is 23.3 Å². The van der Waals surface area contributed by atoms with Gasteiger partial charge in [-0.3, -0.25) is 0 Å². The van der Waals surface area contributed by atoms with E-state index < -0.39 is 0 Å². The average molecular weight is 322 g/mol. The van der Waals surface area contributed by atoms with Crippen molar-refractivity contribution in [1.82, 2.24) is 0 Å². The van der Waals surface area contributed by atoms with Crippen molar-refractivity contribution in [1.29, 1.82) is 0 Å². The number of nitrogens with zero attached hydrogens (tertiary/aromatic N) is 4. The fourth-order valence-electron chi connectivity index (χ4n) is 1.89. The van der Waals surface area contributed by atoms with Gasteiger partial charge in [-0.1, -0.05) is 60.7 Å². The Morgan fingerprint density at radius 2 is 0.833 bits per heavy atom. The fourth-order valence-corrected chi connectivity index (χ4v) is 1.89. The van der Waals surface area contributed by atoms with E-state index in [4.69, 9.17) is 22.9 Å². The highest BCUT2D eigenvalue weighted by Crippen LogP contribution is 2.11. The molecule has 0 bridgehead atoms. The lowest BCUT2D eigenvalue weighted by Crippen LogP contribution is -2.24. The molecule has 0 fully saturated rings. The SMILES string of the molecule is NC(N)=N/N=C(\C(=N/N=C(N)N)c1ccccc1)c1ccccc1. The molecule has 0 unspecified atom stereocenters. The molecule has 2 aromatic rings.